The molecule has 2 heterocycles. The highest BCUT2D eigenvalue weighted by Crippen LogP contribution is 2.26. The minimum absolute atomic E-state index is 0.0687. The van der Waals surface area contributed by atoms with E-state index < -0.39 is 0 Å². The van der Waals surface area contributed by atoms with Gasteiger partial charge in [0.15, 0.2) is 0 Å². The number of aryl methyl sites for hydroxylation is 2. The third-order valence-corrected chi connectivity index (χ3v) is 5.77. The summed E-state index contributed by atoms with van der Waals surface area (Å²) in [5, 5.41) is 4.67. The minimum atomic E-state index is -0.349. The molecule has 0 bridgehead atoms. The van der Waals surface area contributed by atoms with E-state index >= 15 is 0 Å². The molecule has 4 rings (SSSR count). The Morgan fingerprint density at radius 3 is 2.43 bits per heavy atom. The van der Waals surface area contributed by atoms with Gasteiger partial charge in [0, 0.05) is 31.7 Å². The lowest BCUT2D eigenvalue weighted by atomic mass is 10.1. The molecule has 0 N–H and O–H groups in total. The van der Waals surface area contributed by atoms with E-state index in [0.29, 0.717) is 30.0 Å². The van der Waals surface area contributed by atoms with E-state index in [1.165, 1.54) is 6.07 Å². The van der Waals surface area contributed by atoms with Gasteiger partial charge >= 0.3 is 0 Å². The van der Waals surface area contributed by atoms with E-state index in [2.05, 4.69) is 23.0 Å². The molecule has 1 aliphatic heterocycles. The second-order valence-electron chi connectivity index (χ2n) is 7.82. The predicted octanol–water partition coefficient (Wildman–Crippen LogP) is 4.07. The van der Waals surface area contributed by atoms with E-state index in [1.807, 2.05) is 30.9 Å². The normalized spacial score (nSPS) is 14.9. The molecular weight excluding hydrogens is 379 g/mol. The molecule has 156 valence electrons. The van der Waals surface area contributed by atoms with Gasteiger partial charge in [0.2, 0.25) is 0 Å². The van der Waals surface area contributed by atoms with Crippen LogP contribution in [0.4, 0.5) is 4.39 Å². The summed E-state index contributed by atoms with van der Waals surface area (Å²) < 4.78 is 16.1. The van der Waals surface area contributed by atoms with Crippen molar-refractivity contribution < 1.29 is 9.18 Å². The summed E-state index contributed by atoms with van der Waals surface area (Å²) in [5.41, 5.74) is 4.31. The number of nitrogens with zero attached hydrogens (tertiary/aromatic N) is 4. The zero-order valence-corrected chi connectivity index (χ0v) is 17.7. The highest BCUT2D eigenvalue weighted by atomic mass is 19.1. The molecule has 2 aromatic carbocycles. The summed E-state index contributed by atoms with van der Waals surface area (Å²) in [6.07, 6.45) is 0. The van der Waals surface area contributed by atoms with Crippen molar-refractivity contribution in [2.24, 2.45) is 0 Å². The standard InChI is InChI=1S/C24H27FN4O/c1-4-27-11-13-28(14-12-27)24(30)23-16-21(19-7-5-6-8-20(19)25)26-29(23)22-10-9-17(2)15-18(22)3/h5-10,15-16H,4,11-14H2,1-3H3. The first kappa shape index (κ1) is 20.3. The van der Waals surface area contributed by atoms with Crippen LogP contribution < -0.4 is 0 Å². The second kappa shape index (κ2) is 8.40. The number of carbonyl (C=O) groups excluding carboxylic acids is 1. The fourth-order valence-electron chi connectivity index (χ4n) is 3.99. The van der Waals surface area contributed by atoms with Crippen LogP contribution >= 0.6 is 0 Å². The molecule has 1 aromatic heterocycles. The first-order valence-corrected chi connectivity index (χ1v) is 10.4. The number of hydrogen-bond acceptors (Lipinski definition) is 3. The maximum Gasteiger partial charge on any atom is 0.272 e. The van der Waals surface area contributed by atoms with Gasteiger partial charge in [-0.3, -0.25) is 4.79 Å². The van der Waals surface area contributed by atoms with Gasteiger partial charge in [-0.25, -0.2) is 9.07 Å². The predicted molar refractivity (Wildman–Crippen MR) is 116 cm³/mol. The molecule has 0 radical (unpaired) electrons. The van der Waals surface area contributed by atoms with Gasteiger partial charge in [-0.15, -0.1) is 0 Å². The van der Waals surface area contributed by atoms with E-state index in [9.17, 15) is 9.18 Å². The first-order valence-electron chi connectivity index (χ1n) is 10.4. The number of amides is 1. The fraction of sp³-hybridized carbons (Fsp3) is 0.333. The van der Waals surface area contributed by atoms with Crippen LogP contribution in [0, 0.1) is 19.7 Å². The van der Waals surface area contributed by atoms with Crippen LogP contribution in [-0.4, -0.2) is 58.2 Å². The zero-order chi connectivity index (χ0) is 21.3. The minimum Gasteiger partial charge on any atom is -0.335 e. The number of piperazine rings is 1. The zero-order valence-electron chi connectivity index (χ0n) is 17.7. The summed E-state index contributed by atoms with van der Waals surface area (Å²) in [4.78, 5) is 17.6. The van der Waals surface area contributed by atoms with Crippen LogP contribution in [0.25, 0.3) is 16.9 Å². The van der Waals surface area contributed by atoms with Crippen molar-refractivity contribution >= 4 is 5.91 Å². The lowest BCUT2D eigenvalue weighted by Gasteiger charge is -2.34. The van der Waals surface area contributed by atoms with Crippen LogP contribution in [0.3, 0.4) is 0 Å². The average Bonchev–Trinajstić information content (AvgIpc) is 3.18. The molecule has 0 unspecified atom stereocenters. The van der Waals surface area contributed by atoms with Crippen molar-refractivity contribution in [3.05, 3.63) is 71.2 Å². The Bertz CT molecular complexity index is 1070. The number of likely N-dealkylation sites (N-methyl/N-ethyl adjacent to an activating group) is 1. The van der Waals surface area contributed by atoms with Crippen molar-refractivity contribution in [1.29, 1.82) is 0 Å². The number of hydrogen-bond donors (Lipinski definition) is 0. The van der Waals surface area contributed by atoms with E-state index in [0.717, 1.165) is 36.4 Å². The Hall–Kier alpha value is -2.99. The van der Waals surface area contributed by atoms with Crippen molar-refractivity contribution in [2.45, 2.75) is 20.8 Å². The van der Waals surface area contributed by atoms with E-state index in [4.69, 9.17) is 0 Å². The maximum absolute atomic E-state index is 14.4. The topological polar surface area (TPSA) is 41.4 Å². The maximum atomic E-state index is 14.4. The fourth-order valence-corrected chi connectivity index (χ4v) is 3.99. The van der Waals surface area contributed by atoms with Crippen LogP contribution in [0.1, 0.15) is 28.5 Å². The molecule has 0 saturated carbocycles. The molecule has 30 heavy (non-hydrogen) atoms. The summed E-state index contributed by atoms with van der Waals surface area (Å²) in [6.45, 7) is 10.2. The highest BCUT2D eigenvalue weighted by molar-refractivity contribution is 5.94. The molecule has 0 atom stereocenters. The third kappa shape index (κ3) is 3.87. The van der Waals surface area contributed by atoms with Crippen molar-refractivity contribution in [3.8, 4) is 16.9 Å². The molecular formula is C24H27FN4O. The Morgan fingerprint density at radius 2 is 1.77 bits per heavy atom. The Kier molecular flexibility index (Phi) is 5.68. The number of benzene rings is 2. The van der Waals surface area contributed by atoms with Gasteiger partial charge in [0.25, 0.3) is 5.91 Å². The number of halogens is 1. The number of carbonyl (C=O) groups is 1. The molecule has 0 spiro atoms. The van der Waals surface area contributed by atoms with Crippen LogP contribution in [0.15, 0.2) is 48.5 Å². The Labute approximate surface area is 176 Å². The highest BCUT2D eigenvalue weighted by Gasteiger charge is 2.26. The molecule has 5 nitrogen and oxygen atoms in total. The molecule has 1 aliphatic rings. The van der Waals surface area contributed by atoms with Crippen LogP contribution in [0.2, 0.25) is 0 Å². The van der Waals surface area contributed by atoms with E-state index in [1.54, 1.807) is 28.9 Å². The summed E-state index contributed by atoms with van der Waals surface area (Å²) in [6, 6.07) is 14.3. The molecule has 6 heteroatoms. The Morgan fingerprint density at radius 1 is 1.03 bits per heavy atom. The Balaban J connectivity index is 1.78. The summed E-state index contributed by atoms with van der Waals surface area (Å²) in [5.74, 6) is -0.417. The van der Waals surface area contributed by atoms with Crippen molar-refractivity contribution in [3.63, 3.8) is 0 Å². The van der Waals surface area contributed by atoms with Gasteiger partial charge in [-0.2, -0.15) is 5.10 Å². The van der Waals surface area contributed by atoms with Crippen molar-refractivity contribution in [1.82, 2.24) is 19.6 Å². The quantitative estimate of drug-likeness (QED) is 0.656. The van der Waals surface area contributed by atoms with Gasteiger partial charge in [-0.05, 0) is 50.2 Å². The van der Waals surface area contributed by atoms with E-state index in [-0.39, 0.29) is 11.7 Å². The summed E-state index contributed by atoms with van der Waals surface area (Å²) >= 11 is 0. The van der Waals surface area contributed by atoms with Crippen LogP contribution in [-0.2, 0) is 0 Å². The second-order valence-corrected chi connectivity index (χ2v) is 7.82. The third-order valence-electron chi connectivity index (χ3n) is 5.77. The lowest BCUT2D eigenvalue weighted by Crippen LogP contribution is -2.48. The lowest BCUT2D eigenvalue weighted by molar-refractivity contribution is 0.0634. The van der Waals surface area contributed by atoms with Crippen LogP contribution in [0.5, 0.6) is 0 Å². The number of rotatable bonds is 4. The van der Waals surface area contributed by atoms with Gasteiger partial charge < -0.3 is 9.80 Å². The monoisotopic (exact) mass is 406 g/mol. The molecule has 0 aliphatic carbocycles. The molecule has 3 aromatic rings. The largest absolute Gasteiger partial charge is 0.335 e. The molecule has 1 fully saturated rings. The smallest absolute Gasteiger partial charge is 0.272 e. The van der Waals surface area contributed by atoms with Gasteiger partial charge in [0.1, 0.15) is 11.5 Å². The molecule has 1 amide bonds. The number of aromatic nitrogens is 2. The van der Waals surface area contributed by atoms with Gasteiger partial charge in [-0.1, -0.05) is 36.8 Å². The summed E-state index contributed by atoms with van der Waals surface area (Å²) in [7, 11) is 0. The van der Waals surface area contributed by atoms with Gasteiger partial charge in [0.05, 0.1) is 11.4 Å². The SMILES string of the molecule is CCN1CCN(C(=O)c2cc(-c3ccccc3F)nn2-c2ccc(C)cc2C)CC1. The first-order chi connectivity index (χ1) is 14.5. The molecule has 1 saturated heterocycles. The average molecular weight is 407 g/mol. The van der Waals surface area contributed by atoms with Crippen molar-refractivity contribution in [2.75, 3.05) is 32.7 Å².